The van der Waals surface area contributed by atoms with Gasteiger partial charge < -0.3 is 14.6 Å². The Morgan fingerprint density at radius 3 is 2.77 bits per heavy atom. The van der Waals surface area contributed by atoms with Gasteiger partial charge in [0.2, 0.25) is 5.28 Å². The number of halogens is 1. The van der Waals surface area contributed by atoms with E-state index < -0.39 is 8.07 Å². The number of hydrogen-bond donors (Lipinski definition) is 1. The second-order valence-corrected chi connectivity index (χ2v) is 12.6. The second kappa shape index (κ2) is 7.44. The zero-order chi connectivity index (χ0) is 16.2. The average molecular weight is 341 g/mol. The summed E-state index contributed by atoms with van der Waals surface area (Å²) in [5, 5.41) is 4.53. The number of nitrogens with zero attached hydrogens (tertiary/aromatic N) is 3. The number of rotatable bonds is 8. The quantitative estimate of drug-likeness (QED) is 0.444. The molecule has 2 rings (SSSR count). The molecule has 0 aliphatic heterocycles. The number of hydrogen-bond acceptors (Lipinski definition) is 4. The van der Waals surface area contributed by atoms with Gasteiger partial charge in [0.05, 0.1) is 5.39 Å². The summed E-state index contributed by atoms with van der Waals surface area (Å²) in [7, 11) is -1.06. The highest BCUT2D eigenvalue weighted by atomic mass is 35.5. The Morgan fingerprint density at radius 1 is 1.32 bits per heavy atom. The van der Waals surface area contributed by atoms with Crippen molar-refractivity contribution in [2.45, 2.75) is 45.8 Å². The molecule has 1 N–H and O–H groups in total. The molecular weight excluding hydrogens is 316 g/mol. The molecule has 2 aromatic rings. The lowest BCUT2D eigenvalue weighted by molar-refractivity contribution is 0.0899. The number of anilines is 1. The highest BCUT2D eigenvalue weighted by molar-refractivity contribution is 6.76. The van der Waals surface area contributed by atoms with E-state index in [1.54, 1.807) is 0 Å². The van der Waals surface area contributed by atoms with Gasteiger partial charge in [0.1, 0.15) is 18.2 Å². The highest BCUT2D eigenvalue weighted by Crippen LogP contribution is 2.23. The van der Waals surface area contributed by atoms with E-state index in [1.165, 1.54) is 0 Å². The first kappa shape index (κ1) is 17.2. The molecule has 0 fully saturated rings. The number of fused-ring (bicyclic) bond motifs is 1. The summed E-state index contributed by atoms with van der Waals surface area (Å²) < 4.78 is 7.77. The van der Waals surface area contributed by atoms with E-state index in [2.05, 4.69) is 41.8 Å². The molecule has 0 unspecified atom stereocenters. The standard InChI is InChI=1S/C15H25ClN4OSi/c1-5-7-17-13-12-6-8-20(14(12)19-15(16)18-13)11-21-9-10-22(2,3)4/h6,8H,5,7,9-11H2,1-4H3,(H,17,18,19). The van der Waals surface area contributed by atoms with Crippen LogP contribution in [-0.4, -0.2) is 35.8 Å². The fourth-order valence-electron chi connectivity index (χ4n) is 2.06. The van der Waals surface area contributed by atoms with Crippen LogP contribution in [0.25, 0.3) is 11.0 Å². The van der Waals surface area contributed by atoms with E-state index in [0.29, 0.717) is 6.73 Å². The molecule has 0 atom stereocenters. The molecule has 0 saturated carbocycles. The van der Waals surface area contributed by atoms with Crippen LogP contribution in [0.4, 0.5) is 5.82 Å². The monoisotopic (exact) mass is 340 g/mol. The largest absolute Gasteiger partial charge is 0.369 e. The molecule has 22 heavy (non-hydrogen) atoms. The summed E-state index contributed by atoms with van der Waals surface area (Å²) in [5.74, 6) is 0.790. The van der Waals surface area contributed by atoms with E-state index in [-0.39, 0.29) is 5.28 Å². The Morgan fingerprint density at radius 2 is 2.09 bits per heavy atom. The summed E-state index contributed by atoms with van der Waals surface area (Å²) in [6.07, 6.45) is 3.00. The zero-order valence-corrected chi connectivity index (χ0v) is 15.6. The van der Waals surface area contributed by atoms with E-state index in [1.807, 2.05) is 16.8 Å². The summed E-state index contributed by atoms with van der Waals surface area (Å²) in [6, 6.07) is 3.16. The van der Waals surface area contributed by atoms with Crippen molar-refractivity contribution in [1.82, 2.24) is 14.5 Å². The lowest BCUT2D eigenvalue weighted by Crippen LogP contribution is -2.22. The van der Waals surface area contributed by atoms with E-state index in [4.69, 9.17) is 16.3 Å². The van der Waals surface area contributed by atoms with Crippen LogP contribution in [0.3, 0.4) is 0 Å². The molecule has 2 heterocycles. The third kappa shape index (κ3) is 4.69. The van der Waals surface area contributed by atoms with Crippen molar-refractivity contribution < 1.29 is 4.74 Å². The molecule has 0 saturated heterocycles. The van der Waals surface area contributed by atoms with Crippen molar-refractivity contribution in [3.8, 4) is 0 Å². The van der Waals surface area contributed by atoms with Gasteiger partial charge in [-0.25, -0.2) is 4.98 Å². The molecule has 5 nitrogen and oxygen atoms in total. The van der Waals surface area contributed by atoms with Gasteiger partial charge in [-0.3, -0.25) is 0 Å². The Balaban J connectivity index is 2.09. The van der Waals surface area contributed by atoms with Crippen LogP contribution in [0, 0.1) is 0 Å². The molecule has 0 aliphatic rings. The molecule has 122 valence electrons. The van der Waals surface area contributed by atoms with Crippen LogP contribution in [0.1, 0.15) is 13.3 Å². The summed E-state index contributed by atoms with van der Waals surface area (Å²) in [5.41, 5.74) is 0.812. The predicted octanol–water partition coefficient (Wildman–Crippen LogP) is 4.22. The first-order valence-corrected chi connectivity index (χ1v) is 11.8. The summed E-state index contributed by atoms with van der Waals surface area (Å²) >= 11 is 6.04. The van der Waals surface area contributed by atoms with Crippen LogP contribution in [0.15, 0.2) is 12.3 Å². The van der Waals surface area contributed by atoms with Crippen LogP contribution in [0.2, 0.25) is 31.0 Å². The van der Waals surface area contributed by atoms with Gasteiger partial charge in [-0.15, -0.1) is 0 Å². The zero-order valence-electron chi connectivity index (χ0n) is 13.8. The van der Waals surface area contributed by atoms with E-state index >= 15 is 0 Å². The Labute approximate surface area is 138 Å². The maximum atomic E-state index is 6.04. The normalized spacial score (nSPS) is 12.0. The maximum Gasteiger partial charge on any atom is 0.226 e. The molecule has 0 amide bonds. The Hall–Kier alpha value is -1.11. The minimum absolute atomic E-state index is 0.258. The van der Waals surface area contributed by atoms with Crippen molar-refractivity contribution in [3.63, 3.8) is 0 Å². The average Bonchev–Trinajstić information content (AvgIpc) is 2.83. The first-order valence-electron chi connectivity index (χ1n) is 7.75. The highest BCUT2D eigenvalue weighted by Gasteiger charge is 2.13. The Bertz CT molecular complexity index is 624. The topological polar surface area (TPSA) is 52.0 Å². The molecule has 0 aliphatic carbocycles. The van der Waals surface area contributed by atoms with Gasteiger partial charge in [-0.05, 0) is 30.1 Å². The maximum absolute atomic E-state index is 6.04. The van der Waals surface area contributed by atoms with E-state index in [0.717, 1.165) is 42.5 Å². The minimum atomic E-state index is -1.06. The predicted molar refractivity (Wildman–Crippen MR) is 95.4 cm³/mol. The van der Waals surface area contributed by atoms with Crippen molar-refractivity contribution in [3.05, 3.63) is 17.5 Å². The second-order valence-electron chi connectivity index (χ2n) is 6.64. The van der Waals surface area contributed by atoms with Gasteiger partial charge in [-0.1, -0.05) is 26.6 Å². The summed E-state index contributed by atoms with van der Waals surface area (Å²) in [6.45, 7) is 11.3. The van der Waals surface area contributed by atoms with Gasteiger partial charge in [0.25, 0.3) is 0 Å². The lowest BCUT2D eigenvalue weighted by Gasteiger charge is -2.15. The number of nitrogens with one attached hydrogen (secondary N) is 1. The number of aromatic nitrogens is 3. The molecule has 0 aromatic carbocycles. The molecular formula is C15H25ClN4OSi. The van der Waals surface area contributed by atoms with Crippen molar-refractivity contribution in [1.29, 1.82) is 0 Å². The van der Waals surface area contributed by atoms with Gasteiger partial charge >= 0.3 is 0 Å². The molecule has 7 heteroatoms. The minimum Gasteiger partial charge on any atom is -0.369 e. The van der Waals surface area contributed by atoms with E-state index in [9.17, 15) is 0 Å². The smallest absolute Gasteiger partial charge is 0.226 e. The lowest BCUT2D eigenvalue weighted by atomic mass is 10.3. The van der Waals surface area contributed by atoms with Gasteiger partial charge in [0, 0.05) is 27.4 Å². The van der Waals surface area contributed by atoms with Crippen molar-refractivity contribution in [2.75, 3.05) is 18.5 Å². The fraction of sp³-hybridized carbons (Fsp3) is 0.600. The van der Waals surface area contributed by atoms with Crippen LogP contribution in [0.5, 0.6) is 0 Å². The summed E-state index contributed by atoms with van der Waals surface area (Å²) in [4.78, 5) is 8.61. The third-order valence-corrected chi connectivity index (χ3v) is 5.23. The van der Waals surface area contributed by atoms with Crippen molar-refractivity contribution >= 4 is 36.5 Å². The van der Waals surface area contributed by atoms with Crippen LogP contribution >= 0.6 is 11.6 Å². The molecule has 0 radical (unpaired) electrons. The van der Waals surface area contributed by atoms with Gasteiger partial charge in [-0.2, -0.15) is 4.98 Å². The molecule has 0 spiro atoms. The van der Waals surface area contributed by atoms with Crippen LogP contribution in [-0.2, 0) is 11.5 Å². The fourth-order valence-corrected chi connectivity index (χ4v) is 2.98. The first-order chi connectivity index (χ1) is 10.4. The van der Waals surface area contributed by atoms with Gasteiger partial charge in [0.15, 0.2) is 0 Å². The third-order valence-electron chi connectivity index (χ3n) is 3.36. The number of ether oxygens (including phenoxy) is 1. The molecule has 2 aromatic heterocycles. The molecule has 0 bridgehead atoms. The Kier molecular flexibility index (Phi) is 5.83. The van der Waals surface area contributed by atoms with Crippen molar-refractivity contribution in [2.24, 2.45) is 0 Å². The SMILES string of the molecule is CCCNc1nc(Cl)nc2c1ccn2COCC[Si](C)(C)C. The van der Waals surface area contributed by atoms with Crippen LogP contribution < -0.4 is 5.32 Å².